The summed E-state index contributed by atoms with van der Waals surface area (Å²) in [7, 11) is 0. The molecule has 4 aromatic rings. The first-order valence-electron chi connectivity index (χ1n) is 10.7. The lowest BCUT2D eigenvalue weighted by Crippen LogP contribution is -2.09. The molecule has 0 bridgehead atoms. The molecule has 0 amide bonds. The van der Waals surface area contributed by atoms with Crippen LogP contribution in [0.4, 0.5) is 0 Å². The van der Waals surface area contributed by atoms with Crippen molar-refractivity contribution in [3.05, 3.63) is 95.6 Å². The normalized spacial score (nSPS) is 10.9. The Morgan fingerprint density at radius 3 is 1.41 bits per heavy atom. The molecule has 162 valence electrons. The largest absolute Gasteiger partial charge is 0.225 e. The van der Waals surface area contributed by atoms with Crippen LogP contribution in [0.5, 0.6) is 0 Å². The number of hydrogen-bond acceptors (Lipinski definition) is 6. The average Bonchev–Trinajstić information content (AvgIpc) is 3.47. The van der Waals surface area contributed by atoms with Crippen molar-refractivity contribution in [3.63, 3.8) is 0 Å². The minimum absolute atomic E-state index is 0.655. The number of tetrazole rings is 2. The van der Waals surface area contributed by atoms with Gasteiger partial charge in [-0.1, -0.05) is 73.8 Å². The maximum absolute atomic E-state index is 4.20. The summed E-state index contributed by atoms with van der Waals surface area (Å²) < 4.78 is 3.72. The molecule has 0 saturated carbocycles. The molecule has 4 rings (SSSR count). The van der Waals surface area contributed by atoms with Crippen LogP contribution in [0.15, 0.2) is 61.7 Å². The zero-order valence-corrected chi connectivity index (χ0v) is 18.0. The molecule has 0 aliphatic carbocycles. The fourth-order valence-electron chi connectivity index (χ4n) is 3.48. The third-order valence-corrected chi connectivity index (χ3v) is 5.36. The maximum atomic E-state index is 4.20. The first-order chi connectivity index (χ1) is 15.7. The Morgan fingerprint density at radius 1 is 0.625 bits per heavy atom. The monoisotopic (exact) mass is 426 g/mol. The van der Waals surface area contributed by atoms with Crippen LogP contribution in [0.3, 0.4) is 0 Å². The summed E-state index contributed by atoms with van der Waals surface area (Å²) in [5, 5.41) is 24.4. The fourth-order valence-corrected chi connectivity index (χ4v) is 3.48. The third-order valence-electron chi connectivity index (χ3n) is 5.36. The Bertz CT molecular complexity index is 1060. The van der Waals surface area contributed by atoms with E-state index in [1.807, 2.05) is 45.8 Å². The second-order valence-corrected chi connectivity index (χ2v) is 7.60. The number of aromatic nitrogens is 8. The molecule has 0 fully saturated rings. The molecule has 0 atom stereocenters. The highest BCUT2D eigenvalue weighted by Gasteiger charge is 2.09. The first-order valence-corrected chi connectivity index (χ1v) is 10.7. The summed E-state index contributed by atoms with van der Waals surface area (Å²) in [6.07, 6.45) is 7.19. The van der Waals surface area contributed by atoms with Gasteiger partial charge in [0.15, 0.2) is 11.6 Å². The first kappa shape index (κ1) is 21.3. The number of benzene rings is 2. The van der Waals surface area contributed by atoms with Crippen molar-refractivity contribution in [3.8, 4) is 0 Å². The summed E-state index contributed by atoms with van der Waals surface area (Å²) >= 11 is 0. The van der Waals surface area contributed by atoms with Crippen molar-refractivity contribution in [1.82, 2.24) is 40.4 Å². The van der Waals surface area contributed by atoms with Crippen molar-refractivity contribution >= 4 is 12.2 Å². The Kier molecular flexibility index (Phi) is 6.91. The molecule has 0 N–H and O–H groups in total. The van der Waals surface area contributed by atoms with E-state index in [2.05, 4.69) is 68.5 Å². The number of hydrogen-bond donors (Lipinski definition) is 0. The Balaban J connectivity index is 1.28. The number of aryl methyl sites for hydroxylation is 2. The van der Waals surface area contributed by atoms with E-state index in [0.29, 0.717) is 13.1 Å². The van der Waals surface area contributed by atoms with Gasteiger partial charge < -0.3 is 0 Å². The van der Waals surface area contributed by atoms with Gasteiger partial charge in [-0.05, 0) is 55.9 Å². The molecule has 0 unspecified atom stereocenters. The minimum Gasteiger partial charge on any atom is -0.225 e. The van der Waals surface area contributed by atoms with E-state index in [4.69, 9.17) is 0 Å². The van der Waals surface area contributed by atoms with E-state index in [-0.39, 0.29) is 0 Å². The van der Waals surface area contributed by atoms with Crippen LogP contribution in [-0.4, -0.2) is 40.4 Å². The Morgan fingerprint density at radius 2 is 1.03 bits per heavy atom. The minimum atomic E-state index is 0.655. The second-order valence-electron chi connectivity index (χ2n) is 7.60. The van der Waals surface area contributed by atoms with Crippen LogP contribution in [0, 0.1) is 0 Å². The molecule has 0 radical (unpaired) electrons. The van der Waals surface area contributed by atoms with Crippen LogP contribution in [0.1, 0.15) is 46.7 Å². The standard InChI is InChI=1S/C24H26N8/c1-3-19-9-13-21(14-10-19)17-31-23(25-27-29-31)7-5-6-8-24-26-28-30-32(24)18-22-15-11-20(4-2)12-16-22/h3-4,9-16H,1-2,5-8,17-18H2. The van der Waals surface area contributed by atoms with E-state index in [9.17, 15) is 0 Å². The van der Waals surface area contributed by atoms with Crippen LogP contribution in [0.2, 0.25) is 0 Å². The van der Waals surface area contributed by atoms with Crippen molar-refractivity contribution in [1.29, 1.82) is 0 Å². The molecule has 2 aromatic heterocycles. The van der Waals surface area contributed by atoms with Gasteiger partial charge in [0.2, 0.25) is 0 Å². The highest BCUT2D eigenvalue weighted by atomic mass is 15.5. The molecule has 8 heteroatoms. The number of rotatable bonds is 11. The number of nitrogens with zero attached hydrogens (tertiary/aromatic N) is 8. The molecule has 0 saturated heterocycles. The molecule has 8 nitrogen and oxygen atoms in total. The van der Waals surface area contributed by atoms with Crippen molar-refractivity contribution in [2.75, 3.05) is 0 Å². The van der Waals surface area contributed by atoms with E-state index in [0.717, 1.165) is 59.6 Å². The van der Waals surface area contributed by atoms with Gasteiger partial charge in [0.05, 0.1) is 13.1 Å². The molecular weight excluding hydrogens is 400 g/mol. The van der Waals surface area contributed by atoms with Crippen LogP contribution in [-0.2, 0) is 25.9 Å². The van der Waals surface area contributed by atoms with Crippen molar-refractivity contribution in [2.45, 2.75) is 38.8 Å². The van der Waals surface area contributed by atoms with Gasteiger partial charge in [-0.3, -0.25) is 0 Å². The molecule has 2 heterocycles. The molecule has 2 aromatic carbocycles. The highest BCUT2D eigenvalue weighted by Crippen LogP contribution is 2.11. The number of unbranched alkanes of at least 4 members (excludes halogenated alkanes) is 1. The smallest absolute Gasteiger partial charge is 0.151 e. The van der Waals surface area contributed by atoms with Crippen LogP contribution >= 0.6 is 0 Å². The lowest BCUT2D eigenvalue weighted by atomic mass is 10.1. The fraction of sp³-hybridized carbons (Fsp3) is 0.250. The van der Waals surface area contributed by atoms with Crippen molar-refractivity contribution in [2.24, 2.45) is 0 Å². The molecule has 32 heavy (non-hydrogen) atoms. The third kappa shape index (κ3) is 5.40. The van der Waals surface area contributed by atoms with Crippen molar-refractivity contribution < 1.29 is 0 Å². The Hall–Kier alpha value is -3.94. The highest BCUT2D eigenvalue weighted by molar-refractivity contribution is 5.47. The van der Waals surface area contributed by atoms with Gasteiger partial charge in [0, 0.05) is 12.8 Å². The predicted octanol–water partition coefficient (Wildman–Crippen LogP) is 3.61. The summed E-state index contributed by atoms with van der Waals surface area (Å²) in [4.78, 5) is 0. The summed E-state index contributed by atoms with van der Waals surface area (Å²) in [5.74, 6) is 1.78. The Labute approximate surface area is 187 Å². The lowest BCUT2D eigenvalue weighted by Gasteiger charge is -2.07. The van der Waals surface area contributed by atoms with Gasteiger partial charge in [0.25, 0.3) is 0 Å². The quantitative estimate of drug-likeness (QED) is 0.341. The summed E-state index contributed by atoms with van der Waals surface area (Å²) in [6.45, 7) is 8.89. The van der Waals surface area contributed by atoms with Crippen LogP contribution < -0.4 is 0 Å². The lowest BCUT2D eigenvalue weighted by molar-refractivity contribution is 0.579. The van der Waals surface area contributed by atoms with E-state index in [1.165, 1.54) is 0 Å². The average molecular weight is 427 g/mol. The van der Waals surface area contributed by atoms with Gasteiger partial charge in [-0.2, -0.15) is 0 Å². The van der Waals surface area contributed by atoms with Gasteiger partial charge in [0.1, 0.15) is 0 Å². The zero-order valence-electron chi connectivity index (χ0n) is 18.0. The van der Waals surface area contributed by atoms with Crippen LogP contribution in [0.25, 0.3) is 12.2 Å². The van der Waals surface area contributed by atoms with E-state index in [1.54, 1.807) is 0 Å². The molecule has 0 aliphatic heterocycles. The zero-order chi connectivity index (χ0) is 22.2. The summed E-state index contributed by atoms with van der Waals surface area (Å²) in [6, 6.07) is 16.5. The van der Waals surface area contributed by atoms with E-state index >= 15 is 0 Å². The predicted molar refractivity (Wildman–Crippen MR) is 124 cm³/mol. The van der Waals surface area contributed by atoms with Gasteiger partial charge in [-0.15, -0.1) is 10.2 Å². The topological polar surface area (TPSA) is 87.2 Å². The van der Waals surface area contributed by atoms with Gasteiger partial charge in [-0.25, -0.2) is 9.36 Å². The molecular formula is C24H26N8. The molecule has 0 spiro atoms. The van der Waals surface area contributed by atoms with Gasteiger partial charge >= 0.3 is 0 Å². The summed E-state index contributed by atoms with van der Waals surface area (Å²) in [5.41, 5.74) is 4.51. The second kappa shape index (κ2) is 10.4. The SMILES string of the molecule is C=Cc1ccc(Cn2nnnc2CCCCc2nnnn2Cc2ccc(C=C)cc2)cc1. The maximum Gasteiger partial charge on any atom is 0.151 e. The van der Waals surface area contributed by atoms with E-state index < -0.39 is 0 Å². The molecule has 0 aliphatic rings.